The molecule has 0 spiro atoms. The van der Waals surface area contributed by atoms with E-state index in [0.717, 1.165) is 23.8 Å². The summed E-state index contributed by atoms with van der Waals surface area (Å²) in [4.78, 5) is 11.4. The first-order valence-electron chi connectivity index (χ1n) is 5.87. The highest BCUT2D eigenvalue weighted by Crippen LogP contribution is 2.27. The second kappa shape index (κ2) is 3.84. The molecule has 86 valence electrons. The molecule has 0 fully saturated rings. The van der Waals surface area contributed by atoms with Gasteiger partial charge in [-0.1, -0.05) is 30.3 Å². The zero-order valence-corrected chi connectivity index (χ0v) is 10.1. The first-order chi connectivity index (χ1) is 8.24. The highest BCUT2D eigenvalue weighted by molar-refractivity contribution is 6.41. The Kier molecular flexibility index (Phi) is 2.32. The van der Waals surface area contributed by atoms with Crippen LogP contribution in [0, 0.1) is 0 Å². The van der Waals surface area contributed by atoms with Crippen LogP contribution < -0.4 is 0 Å². The minimum Gasteiger partial charge on any atom is -0.327 e. The number of allylic oxidation sites excluding steroid dienone is 1. The van der Waals surface area contributed by atoms with Gasteiger partial charge in [0.05, 0.1) is 24.0 Å². The van der Waals surface area contributed by atoms with Crippen LogP contribution in [0.5, 0.6) is 0 Å². The maximum absolute atomic E-state index is 4.76. The second-order valence-electron chi connectivity index (χ2n) is 4.50. The van der Waals surface area contributed by atoms with E-state index in [0.29, 0.717) is 0 Å². The molecule has 1 aromatic carbocycles. The zero-order chi connectivity index (χ0) is 11.8. The number of fused-ring (bicyclic) bond motifs is 1. The second-order valence-corrected chi connectivity index (χ2v) is 4.50. The molecule has 2 aliphatic rings. The molecule has 2 heterocycles. The SMILES string of the molecule is CC1=CN2CC(c3ccccc3)N=C2C(C)=N1. The summed E-state index contributed by atoms with van der Waals surface area (Å²) < 4.78 is 0. The van der Waals surface area contributed by atoms with Crippen LogP contribution in [-0.4, -0.2) is 23.0 Å². The summed E-state index contributed by atoms with van der Waals surface area (Å²) in [6, 6.07) is 10.7. The molecule has 17 heavy (non-hydrogen) atoms. The third-order valence-electron chi connectivity index (χ3n) is 3.11. The quantitative estimate of drug-likeness (QED) is 0.722. The molecule has 0 saturated carbocycles. The molecule has 0 saturated heterocycles. The van der Waals surface area contributed by atoms with Crippen molar-refractivity contribution in [2.75, 3.05) is 6.54 Å². The highest BCUT2D eigenvalue weighted by atomic mass is 15.3. The van der Waals surface area contributed by atoms with Gasteiger partial charge in [-0.05, 0) is 19.4 Å². The average Bonchev–Trinajstić information content (AvgIpc) is 2.74. The lowest BCUT2D eigenvalue weighted by Gasteiger charge is -2.20. The fraction of sp³-hybridized carbons (Fsp3) is 0.286. The van der Waals surface area contributed by atoms with E-state index in [9.17, 15) is 0 Å². The molecule has 1 aromatic rings. The number of hydrogen-bond donors (Lipinski definition) is 0. The molecule has 2 aliphatic heterocycles. The maximum Gasteiger partial charge on any atom is 0.150 e. The van der Waals surface area contributed by atoms with Crippen LogP contribution in [0.4, 0.5) is 0 Å². The van der Waals surface area contributed by atoms with Gasteiger partial charge in [-0.25, -0.2) is 0 Å². The maximum atomic E-state index is 4.76. The molecule has 0 radical (unpaired) electrons. The van der Waals surface area contributed by atoms with Crippen molar-refractivity contribution < 1.29 is 0 Å². The lowest BCUT2D eigenvalue weighted by atomic mass is 10.1. The Morgan fingerprint density at radius 2 is 1.94 bits per heavy atom. The summed E-state index contributed by atoms with van der Waals surface area (Å²) in [5.41, 5.74) is 3.34. The van der Waals surface area contributed by atoms with Crippen LogP contribution >= 0.6 is 0 Å². The van der Waals surface area contributed by atoms with Crippen LogP contribution in [0.25, 0.3) is 0 Å². The standard InChI is InChI=1S/C14H15N3/c1-10-8-17-9-13(12-6-4-3-5-7-12)16-14(17)11(2)15-10/h3-8,13H,9H2,1-2H3. The third-order valence-corrected chi connectivity index (χ3v) is 3.11. The minimum absolute atomic E-state index is 0.235. The fourth-order valence-electron chi connectivity index (χ4n) is 2.37. The molecule has 3 nitrogen and oxygen atoms in total. The summed E-state index contributed by atoms with van der Waals surface area (Å²) in [7, 11) is 0. The molecule has 3 rings (SSSR count). The monoisotopic (exact) mass is 225 g/mol. The third kappa shape index (κ3) is 1.78. The summed E-state index contributed by atoms with van der Waals surface area (Å²) >= 11 is 0. The predicted molar refractivity (Wildman–Crippen MR) is 70.2 cm³/mol. The predicted octanol–water partition coefficient (Wildman–Crippen LogP) is 2.78. The van der Waals surface area contributed by atoms with Crippen LogP contribution in [-0.2, 0) is 0 Å². The van der Waals surface area contributed by atoms with Crippen molar-refractivity contribution in [2.45, 2.75) is 19.9 Å². The number of amidine groups is 1. The number of nitrogens with zero attached hydrogens (tertiary/aromatic N) is 3. The zero-order valence-electron chi connectivity index (χ0n) is 10.1. The van der Waals surface area contributed by atoms with Gasteiger partial charge >= 0.3 is 0 Å². The normalized spacial score (nSPS) is 22.8. The lowest BCUT2D eigenvalue weighted by Crippen LogP contribution is -2.30. The smallest absolute Gasteiger partial charge is 0.150 e. The van der Waals surface area contributed by atoms with E-state index in [2.05, 4.69) is 40.4 Å². The first kappa shape index (κ1) is 10.3. The van der Waals surface area contributed by atoms with Gasteiger partial charge in [-0.2, -0.15) is 0 Å². The van der Waals surface area contributed by atoms with E-state index in [1.54, 1.807) is 0 Å². The molecule has 1 unspecified atom stereocenters. The Morgan fingerprint density at radius 1 is 1.18 bits per heavy atom. The van der Waals surface area contributed by atoms with E-state index in [1.165, 1.54) is 5.56 Å². The molecular weight excluding hydrogens is 210 g/mol. The Balaban J connectivity index is 1.94. The van der Waals surface area contributed by atoms with Crippen LogP contribution in [0.2, 0.25) is 0 Å². The van der Waals surface area contributed by atoms with Gasteiger partial charge in [-0.3, -0.25) is 9.98 Å². The number of hydrogen-bond acceptors (Lipinski definition) is 3. The topological polar surface area (TPSA) is 28.0 Å². The number of benzene rings is 1. The summed E-state index contributed by atoms with van der Waals surface area (Å²) in [5, 5.41) is 0. The molecule has 0 amide bonds. The van der Waals surface area contributed by atoms with E-state index in [-0.39, 0.29) is 6.04 Å². The molecule has 0 aromatic heterocycles. The Morgan fingerprint density at radius 3 is 2.71 bits per heavy atom. The van der Waals surface area contributed by atoms with Crippen molar-refractivity contribution in [3.8, 4) is 0 Å². The first-order valence-corrected chi connectivity index (χ1v) is 5.87. The molecule has 0 aliphatic carbocycles. The van der Waals surface area contributed by atoms with Gasteiger partial charge in [0.25, 0.3) is 0 Å². The van der Waals surface area contributed by atoms with E-state index >= 15 is 0 Å². The summed E-state index contributed by atoms with van der Waals surface area (Å²) in [6.07, 6.45) is 2.08. The van der Waals surface area contributed by atoms with Crippen molar-refractivity contribution in [1.82, 2.24) is 4.90 Å². The van der Waals surface area contributed by atoms with Gasteiger partial charge < -0.3 is 4.90 Å². The number of aliphatic imine (C=N–C) groups is 2. The van der Waals surface area contributed by atoms with Crippen LogP contribution in [0.1, 0.15) is 25.5 Å². The van der Waals surface area contributed by atoms with Crippen molar-refractivity contribution in [2.24, 2.45) is 9.98 Å². The van der Waals surface area contributed by atoms with Gasteiger partial charge in [-0.15, -0.1) is 0 Å². The largest absolute Gasteiger partial charge is 0.327 e. The molecule has 3 heteroatoms. The van der Waals surface area contributed by atoms with Crippen molar-refractivity contribution in [1.29, 1.82) is 0 Å². The fourth-order valence-corrected chi connectivity index (χ4v) is 2.37. The van der Waals surface area contributed by atoms with E-state index in [4.69, 9.17) is 4.99 Å². The van der Waals surface area contributed by atoms with Crippen molar-refractivity contribution in [3.63, 3.8) is 0 Å². The Hall–Kier alpha value is -1.90. The number of rotatable bonds is 1. The molecule has 0 bridgehead atoms. The van der Waals surface area contributed by atoms with E-state index < -0.39 is 0 Å². The average molecular weight is 225 g/mol. The Labute approximate surface area is 101 Å². The highest BCUT2D eigenvalue weighted by Gasteiger charge is 2.28. The van der Waals surface area contributed by atoms with Gasteiger partial charge in [0.15, 0.2) is 0 Å². The summed E-state index contributed by atoms with van der Waals surface area (Å²) in [5.74, 6) is 1.02. The van der Waals surface area contributed by atoms with E-state index in [1.807, 2.05) is 19.9 Å². The van der Waals surface area contributed by atoms with Crippen molar-refractivity contribution >= 4 is 11.5 Å². The van der Waals surface area contributed by atoms with Gasteiger partial charge in [0, 0.05) is 6.20 Å². The van der Waals surface area contributed by atoms with Gasteiger partial charge in [0.2, 0.25) is 0 Å². The Bertz CT molecular complexity index is 526. The van der Waals surface area contributed by atoms with Crippen LogP contribution in [0.15, 0.2) is 52.2 Å². The molecular formula is C14H15N3. The minimum atomic E-state index is 0.235. The van der Waals surface area contributed by atoms with Crippen LogP contribution in [0.3, 0.4) is 0 Å². The lowest BCUT2D eigenvalue weighted by molar-refractivity contribution is 0.546. The molecule has 0 N–H and O–H groups in total. The molecule has 1 atom stereocenters. The summed E-state index contributed by atoms with van der Waals surface area (Å²) in [6.45, 7) is 4.97. The van der Waals surface area contributed by atoms with Crippen molar-refractivity contribution in [3.05, 3.63) is 47.8 Å². The van der Waals surface area contributed by atoms with Gasteiger partial charge in [0.1, 0.15) is 5.84 Å².